The van der Waals surface area contributed by atoms with Crippen LogP contribution in [0.2, 0.25) is 0 Å². The molecule has 0 aliphatic carbocycles. The summed E-state index contributed by atoms with van der Waals surface area (Å²) in [6.45, 7) is 0.844. The Labute approximate surface area is 157 Å². The molecule has 0 aliphatic rings. The number of benzene rings is 2. The number of rotatable bonds is 4. The van der Waals surface area contributed by atoms with E-state index in [2.05, 4.69) is 57.4 Å². The second-order valence-corrected chi connectivity index (χ2v) is 7.21. The lowest BCUT2D eigenvalue weighted by molar-refractivity contribution is -2.00. The van der Waals surface area contributed by atoms with Crippen molar-refractivity contribution in [1.29, 1.82) is 0 Å². The van der Waals surface area contributed by atoms with E-state index < -0.39 is 10.2 Å². The first kappa shape index (κ1) is 20.2. The second-order valence-electron chi connectivity index (χ2n) is 5.47. The fraction of sp³-hybridized carbons (Fsp3) is 0.176. The van der Waals surface area contributed by atoms with Crippen molar-refractivity contribution >= 4 is 16.7 Å². The first-order valence-electron chi connectivity index (χ1n) is 7.53. The highest BCUT2D eigenvalue weighted by atomic mass is 35.7. The van der Waals surface area contributed by atoms with Crippen molar-refractivity contribution in [3.8, 4) is 11.4 Å². The molecular weight excluding hydrogens is 378 g/mol. The molecule has 0 radical (unpaired) electrons. The van der Waals surface area contributed by atoms with Gasteiger partial charge in [-0.1, -0.05) is 48.5 Å². The van der Waals surface area contributed by atoms with Crippen molar-refractivity contribution < 1.29 is 32.8 Å². The van der Waals surface area contributed by atoms with E-state index in [1.54, 1.807) is 11.5 Å². The highest BCUT2D eigenvalue weighted by Crippen LogP contribution is 2.21. The van der Waals surface area contributed by atoms with E-state index in [0.29, 0.717) is 0 Å². The van der Waals surface area contributed by atoms with Crippen LogP contribution in [0.3, 0.4) is 0 Å². The van der Waals surface area contributed by atoms with Gasteiger partial charge in [0.15, 0.2) is 0 Å². The van der Waals surface area contributed by atoms with Crippen molar-refractivity contribution in [1.82, 2.24) is 4.98 Å². The zero-order valence-electron chi connectivity index (χ0n) is 14.2. The third-order valence-corrected chi connectivity index (χ3v) is 4.36. The predicted octanol–water partition coefficient (Wildman–Crippen LogP) is -1.54. The third-order valence-electron chi connectivity index (χ3n) is 3.21. The van der Waals surface area contributed by atoms with Crippen molar-refractivity contribution in [2.75, 3.05) is 19.0 Å². The summed E-state index contributed by atoms with van der Waals surface area (Å²) in [6, 6.07) is 20.8. The Morgan fingerprint density at radius 3 is 1.92 bits per heavy atom. The number of hydrogen-bond acceptors (Lipinski definition) is 7. The Balaban J connectivity index is 0.000000431. The van der Waals surface area contributed by atoms with Crippen LogP contribution in [0.1, 0.15) is 5.56 Å². The van der Waals surface area contributed by atoms with Crippen LogP contribution in [0.5, 0.6) is 0 Å². The Hall–Kier alpha value is -2.07. The van der Waals surface area contributed by atoms with Crippen molar-refractivity contribution in [2.24, 2.45) is 0 Å². The molecule has 0 unspecified atom stereocenters. The lowest BCUT2D eigenvalue weighted by Crippen LogP contribution is -2.68. The lowest BCUT2D eigenvalue weighted by atomic mass is 10.2. The topological polar surface area (TPSA) is 112 Å². The summed E-state index contributed by atoms with van der Waals surface area (Å²) < 4.78 is 36.2. The minimum atomic E-state index is -4.94. The summed E-state index contributed by atoms with van der Waals surface area (Å²) in [5, 5.41) is 1.02. The summed E-state index contributed by atoms with van der Waals surface area (Å²) in [5.41, 5.74) is 2.44. The van der Waals surface area contributed by atoms with Gasteiger partial charge < -0.3 is 4.90 Å². The summed E-state index contributed by atoms with van der Waals surface area (Å²) in [5.74, 6) is 1.02. The standard InChI is InChI=1S/C17H18N3S.ClHO4/c1-19(2)17-18-16(15-11-7-4-8-12-15)20(21-17)13-14-9-5-3-6-10-14;2-1(3,4)5/h3-12H,13H2,1-2H3;(H,2,3,4,5)/q+1;/p-1. The molecule has 0 saturated heterocycles. The second kappa shape index (κ2) is 9.04. The van der Waals surface area contributed by atoms with Gasteiger partial charge in [-0.25, -0.2) is 18.6 Å². The van der Waals surface area contributed by atoms with Gasteiger partial charge in [0.1, 0.15) is 18.1 Å². The van der Waals surface area contributed by atoms with Gasteiger partial charge in [-0.05, 0) is 22.7 Å². The lowest BCUT2D eigenvalue weighted by Gasteiger charge is -2.17. The predicted molar refractivity (Wildman–Crippen MR) is 87.6 cm³/mol. The van der Waals surface area contributed by atoms with Crippen LogP contribution in [-0.4, -0.2) is 19.1 Å². The molecule has 0 spiro atoms. The molecular formula is C17H18ClN3O4S. The summed E-state index contributed by atoms with van der Waals surface area (Å²) in [7, 11) is -0.888. The van der Waals surface area contributed by atoms with Gasteiger partial charge in [0.05, 0.1) is 5.56 Å². The molecule has 26 heavy (non-hydrogen) atoms. The van der Waals surface area contributed by atoms with Gasteiger partial charge in [0.2, 0.25) is 0 Å². The largest absolute Gasteiger partial charge is 0.345 e. The number of aromatic nitrogens is 2. The van der Waals surface area contributed by atoms with Crippen LogP contribution >= 0.6 is 11.5 Å². The van der Waals surface area contributed by atoms with Crippen molar-refractivity contribution in [2.45, 2.75) is 6.54 Å². The molecule has 0 aliphatic heterocycles. The molecule has 0 fully saturated rings. The van der Waals surface area contributed by atoms with E-state index in [9.17, 15) is 0 Å². The van der Waals surface area contributed by atoms with Crippen LogP contribution in [0.25, 0.3) is 11.4 Å². The molecule has 2 aromatic carbocycles. The van der Waals surface area contributed by atoms with Crippen LogP contribution in [0.15, 0.2) is 60.7 Å². The van der Waals surface area contributed by atoms with Gasteiger partial charge in [0.25, 0.3) is 0 Å². The Kier molecular flexibility index (Phi) is 7.04. The maximum atomic E-state index is 8.49. The minimum absolute atomic E-state index is 0.844. The van der Waals surface area contributed by atoms with Crippen LogP contribution in [0, 0.1) is 10.2 Å². The van der Waals surface area contributed by atoms with Gasteiger partial charge in [-0.2, -0.15) is 3.96 Å². The Bertz CT molecular complexity index is 802. The fourth-order valence-electron chi connectivity index (χ4n) is 2.14. The van der Waals surface area contributed by atoms with E-state index in [1.165, 1.54) is 5.56 Å². The van der Waals surface area contributed by atoms with Crippen molar-refractivity contribution in [3.05, 3.63) is 66.2 Å². The average molecular weight is 396 g/mol. The van der Waals surface area contributed by atoms with Gasteiger partial charge in [-0.3, -0.25) is 0 Å². The number of nitrogens with zero attached hydrogens (tertiary/aromatic N) is 3. The molecule has 0 N–H and O–H groups in total. The SMILES string of the molecule is CN(C)c1nc(-c2ccccc2)[n+](Cc2ccccc2)s1.[O-][Cl+3]([O-])([O-])[O-]. The average Bonchev–Trinajstić information content (AvgIpc) is 2.99. The van der Waals surface area contributed by atoms with E-state index in [1.807, 2.05) is 26.2 Å². The first-order chi connectivity index (χ1) is 12.2. The molecule has 3 rings (SSSR count). The molecule has 1 aromatic heterocycles. The highest BCUT2D eigenvalue weighted by Gasteiger charge is 2.23. The molecule has 0 atom stereocenters. The van der Waals surface area contributed by atoms with E-state index in [-0.39, 0.29) is 0 Å². The molecule has 0 bridgehead atoms. The van der Waals surface area contributed by atoms with E-state index in [0.717, 1.165) is 23.1 Å². The molecule has 9 heteroatoms. The minimum Gasteiger partial charge on any atom is -0.331 e. The fourth-order valence-corrected chi connectivity index (χ4v) is 3.08. The molecule has 3 aromatic rings. The Morgan fingerprint density at radius 1 is 0.923 bits per heavy atom. The smallest absolute Gasteiger partial charge is 0.331 e. The number of halogens is 1. The zero-order valence-corrected chi connectivity index (χ0v) is 15.8. The molecule has 0 saturated carbocycles. The molecule has 7 nitrogen and oxygen atoms in total. The summed E-state index contributed by atoms with van der Waals surface area (Å²) in [4.78, 5) is 6.84. The summed E-state index contributed by atoms with van der Waals surface area (Å²) >= 11 is 1.69. The van der Waals surface area contributed by atoms with Crippen LogP contribution in [0.4, 0.5) is 5.13 Å². The quantitative estimate of drug-likeness (QED) is 0.495. The molecule has 0 amide bonds. The van der Waals surface area contributed by atoms with Crippen LogP contribution in [-0.2, 0) is 6.54 Å². The third kappa shape index (κ3) is 6.68. The normalized spacial score (nSPS) is 10.8. The zero-order chi connectivity index (χ0) is 19.2. The maximum Gasteiger partial charge on any atom is 0.345 e. The van der Waals surface area contributed by atoms with Gasteiger partial charge >= 0.3 is 11.0 Å². The van der Waals surface area contributed by atoms with E-state index >= 15 is 0 Å². The number of hydrogen-bond donors (Lipinski definition) is 0. The van der Waals surface area contributed by atoms with E-state index in [4.69, 9.17) is 23.6 Å². The Morgan fingerprint density at radius 2 is 1.42 bits per heavy atom. The van der Waals surface area contributed by atoms with Gasteiger partial charge in [0, 0.05) is 14.1 Å². The highest BCUT2D eigenvalue weighted by molar-refractivity contribution is 7.06. The first-order valence-corrected chi connectivity index (χ1v) is 9.54. The van der Waals surface area contributed by atoms with Gasteiger partial charge in [-0.15, -0.1) is 10.2 Å². The monoisotopic (exact) mass is 395 g/mol. The van der Waals surface area contributed by atoms with Crippen LogP contribution < -0.4 is 27.5 Å². The summed E-state index contributed by atoms with van der Waals surface area (Å²) in [6.07, 6.45) is 0. The maximum absolute atomic E-state index is 8.49. The number of anilines is 1. The molecule has 138 valence electrons. The van der Waals surface area contributed by atoms with Crippen molar-refractivity contribution in [3.63, 3.8) is 0 Å². The molecule has 1 heterocycles.